The first-order valence-corrected chi connectivity index (χ1v) is 8.03. The van der Waals surface area contributed by atoms with Crippen LogP contribution in [0.2, 0.25) is 0 Å². The van der Waals surface area contributed by atoms with Crippen LogP contribution in [0.3, 0.4) is 0 Å². The molecule has 0 saturated carbocycles. The molecule has 1 aliphatic rings. The quantitative estimate of drug-likeness (QED) is 0.502. The number of Topliss-reactive ketones (excluding diaryl/α,β-unsaturated/α-hetero) is 1. The maximum absolute atomic E-state index is 12.4. The van der Waals surface area contributed by atoms with E-state index in [2.05, 4.69) is 5.32 Å². The molecule has 0 aromatic heterocycles. The van der Waals surface area contributed by atoms with E-state index in [1.807, 2.05) is 19.1 Å². The summed E-state index contributed by atoms with van der Waals surface area (Å²) >= 11 is 0. The van der Waals surface area contributed by atoms with Gasteiger partial charge in [-0.1, -0.05) is 29.8 Å². The molecular formula is C20H19NO5. The highest BCUT2D eigenvalue weighted by Gasteiger charge is 2.41. The lowest BCUT2D eigenvalue weighted by atomic mass is 9.95. The number of hydrogen-bond acceptors (Lipinski definition) is 5. The van der Waals surface area contributed by atoms with Crippen molar-refractivity contribution in [2.24, 2.45) is 0 Å². The molecule has 1 saturated heterocycles. The monoisotopic (exact) mass is 353 g/mol. The average Bonchev–Trinajstić information content (AvgIpc) is 2.96. The maximum atomic E-state index is 12.4. The van der Waals surface area contributed by atoms with Crippen molar-refractivity contribution in [3.63, 3.8) is 0 Å². The predicted molar refractivity (Wildman–Crippen MR) is 96.2 cm³/mol. The number of aryl methyl sites for hydroxylation is 1. The highest BCUT2D eigenvalue weighted by atomic mass is 16.5. The highest BCUT2D eigenvalue weighted by molar-refractivity contribution is 6.46. The summed E-state index contributed by atoms with van der Waals surface area (Å²) < 4.78 is 10.6. The lowest BCUT2D eigenvalue weighted by Gasteiger charge is -2.18. The fourth-order valence-corrected chi connectivity index (χ4v) is 2.93. The summed E-state index contributed by atoms with van der Waals surface area (Å²) in [6.45, 7) is 1.92. The predicted octanol–water partition coefficient (Wildman–Crippen LogP) is 2.72. The van der Waals surface area contributed by atoms with E-state index in [-0.39, 0.29) is 11.3 Å². The van der Waals surface area contributed by atoms with Crippen LogP contribution in [0.25, 0.3) is 5.76 Å². The standard InChI is InChI=1S/C20H19NO5/c1-11-4-6-12(7-5-11)18(22)16-17(21-20(24)19(16)23)14-10-13(25-2)8-9-15(14)26-3/h4-10,17,22H,1-3H3,(H,21,24)/b18-16-. The van der Waals surface area contributed by atoms with Crippen LogP contribution in [0.5, 0.6) is 11.5 Å². The van der Waals surface area contributed by atoms with Crippen LogP contribution in [0, 0.1) is 6.92 Å². The summed E-state index contributed by atoms with van der Waals surface area (Å²) in [5.74, 6) is -0.752. The molecule has 0 bridgehead atoms. The number of ether oxygens (including phenoxy) is 2. The summed E-state index contributed by atoms with van der Waals surface area (Å²) in [6, 6.07) is 11.3. The Morgan fingerprint density at radius 3 is 2.35 bits per heavy atom. The van der Waals surface area contributed by atoms with Gasteiger partial charge in [-0.25, -0.2) is 0 Å². The van der Waals surface area contributed by atoms with Gasteiger partial charge in [-0.15, -0.1) is 0 Å². The summed E-state index contributed by atoms with van der Waals surface area (Å²) in [5.41, 5.74) is 2.00. The Labute approximate surface area is 151 Å². The fraction of sp³-hybridized carbons (Fsp3) is 0.200. The lowest BCUT2D eigenvalue weighted by Crippen LogP contribution is -2.21. The van der Waals surface area contributed by atoms with Gasteiger partial charge in [0.05, 0.1) is 25.8 Å². The second-order valence-corrected chi connectivity index (χ2v) is 5.97. The zero-order valence-corrected chi connectivity index (χ0v) is 14.7. The van der Waals surface area contributed by atoms with E-state index < -0.39 is 17.7 Å². The van der Waals surface area contributed by atoms with Crippen LogP contribution >= 0.6 is 0 Å². The third-order valence-electron chi connectivity index (χ3n) is 4.34. The van der Waals surface area contributed by atoms with Gasteiger partial charge in [-0.3, -0.25) is 9.59 Å². The van der Waals surface area contributed by atoms with Gasteiger partial charge in [0, 0.05) is 11.1 Å². The molecule has 1 atom stereocenters. The van der Waals surface area contributed by atoms with Crippen molar-refractivity contribution in [3.05, 3.63) is 64.7 Å². The minimum atomic E-state index is -0.832. The van der Waals surface area contributed by atoms with Gasteiger partial charge in [0.1, 0.15) is 17.3 Å². The number of aliphatic hydroxyl groups excluding tert-OH is 1. The van der Waals surface area contributed by atoms with E-state index in [1.54, 1.807) is 30.3 Å². The van der Waals surface area contributed by atoms with Crippen molar-refractivity contribution >= 4 is 17.4 Å². The zero-order chi connectivity index (χ0) is 18.8. The second-order valence-electron chi connectivity index (χ2n) is 5.97. The van der Waals surface area contributed by atoms with Crippen molar-refractivity contribution in [1.29, 1.82) is 0 Å². The van der Waals surface area contributed by atoms with E-state index in [9.17, 15) is 14.7 Å². The molecule has 1 amide bonds. The SMILES string of the molecule is COc1ccc(OC)c(C2NC(=O)C(=O)/C2=C(\O)c2ccc(C)cc2)c1. The molecule has 6 heteroatoms. The van der Waals surface area contributed by atoms with Gasteiger partial charge < -0.3 is 19.9 Å². The highest BCUT2D eigenvalue weighted by Crippen LogP contribution is 2.38. The lowest BCUT2D eigenvalue weighted by molar-refractivity contribution is -0.133. The molecule has 2 aromatic rings. The molecule has 1 heterocycles. The summed E-state index contributed by atoms with van der Waals surface area (Å²) in [7, 11) is 3.01. The largest absolute Gasteiger partial charge is 0.507 e. The van der Waals surface area contributed by atoms with Crippen LogP contribution < -0.4 is 14.8 Å². The number of rotatable bonds is 4. The zero-order valence-electron chi connectivity index (χ0n) is 14.7. The minimum absolute atomic E-state index is 0.00888. The Bertz CT molecular complexity index is 899. The van der Waals surface area contributed by atoms with E-state index >= 15 is 0 Å². The van der Waals surface area contributed by atoms with Crippen LogP contribution in [-0.4, -0.2) is 31.0 Å². The average molecular weight is 353 g/mol. The second kappa shape index (κ2) is 6.92. The first-order valence-electron chi connectivity index (χ1n) is 8.03. The van der Waals surface area contributed by atoms with Crippen molar-refractivity contribution in [2.75, 3.05) is 14.2 Å². The Morgan fingerprint density at radius 2 is 1.73 bits per heavy atom. The van der Waals surface area contributed by atoms with Crippen molar-refractivity contribution in [2.45, 2.75) is 13.0 Å². The third kappa shape index (κ3) is 3.01. The first kappa shape index (κ1) is 17.5. The smallest absolute Gasteiger partial charge is 0.293 e. The normalized spacial score (nSPS) is 18.5. The number of carbonyl (C=O) groups excluding carboxylic acids is 2. The Hall–Kier alpha value is -3.28. The summed E-state index contributed by atoms with van der Waals surface area (Å²) in [5, 5.41) is 13.3. The summed E-state index contributed by atoms with van der Waals surface area (Å²) in [6.07, 6.45) is 0. The van der Waals surface area contributed by atoms with E-state index in [0.29, 0.717) is 22.6 Å². The first-order chi connectivity index (χ1) is 12.5. The van der Waals surface area contributed by atoms with E-state index in [1.165, 1.54) is 14.2 Å². The van der Waals surface area contributed by atoms with Gasteiger partial charge in [0.25, 0.3) is 11.7 Å². The number of amides is 1. The van der Waals surface area contributed by atoms with Crippen molar-refractivity contribution in [3.8, 4) is 11.5 Å². The Kier molecular flexibility index (Phi) is 4.67. The third-order valence-corrected chi connectivity index (χ3v) is 4.34. The number of benzene rings is 2. The van der Waals surface area contributed by atoms with Crippen LogP contribution in [0.4, 0.5) is 0 Å². The molecule has 1 aliphatic heterocycles. The Balaban J connectivity index is 2.17. The van der Waals surface area contributed by atoms with Gasteiger partial charge in [0.15, 0.2) is 0 Å². The maximum Gasteiger partial charge on any atom is 0.293 e. The molecule has 1 unspecified atom stereocenters. The molecule has 3 rings (SSSR count). The molecular weight excluding hydrogens is 334 g/mol. The number of ketones is 1. The molecule has 0 aliphatic carbocycles. The number of nitrogens with one attached hydrogen (secondary N) is 1. The van der Waals surface area contributed by atoms with Gasteiger partial charge in [0.2, 0.25) is 0 Å². The number of aliphatic hydroxyl groups is 1. The molecule has 0 radical (unpaired) electrons. The van der Waals surface area contributed by atoms with Crippen LogP contribution in [0.15, 0.2) is 48.0 Å². The fourth-order valence-electron chi connectivity index (χ4n) is 2.93. The number of methoxy groups -OCH3 is 2. The van der Waals surface area contributed by atoms with Gasteiger partial charge in [-0.05, 0) is 25.1 Å². The van der Waals surface area contributed by atoms with Crippen molar-refractivity contribution in [1.82, 2.24) is 5.32 Å². The molecule has 6 nitrogen and oxygen atoms in total. The topological polar surface area (TPSA) is 84.9 Å². The van der Waals surface area contributed by atoms with Crippen molar-refractivity contribution < 1.29 is 24.2 Å². The van der Waals surface area contributed by atoms with E-state index in [0.717, 1.165) is 5.56 Å². The number of carbonyl (C=O) groups is 2. The molecule has 2 N–H and O–H groups in total. The number of hydrogen-bond donors (Lipinski definition) is 2. The molecule has 1 fully saturated rings. The minimum Gasteiger partial charge on any atom is -0.507 e. The van der Waals surface area contributed by atoms with Gasteiger partial charge in [-0.2, -0.15) is 0 Å². The summed E-state index contributed by atoms with van der Waals surface area (Å²) in [4.78, 5) is 24.5. The van der Waals surface area contributed by atoms with Crippen LogP contribution in [-0.2, 0) is 9.59 Å². The van der Waals surface area contributed by atoms with Gasteiger partial charge >= 0.3 is 0 Å². The molecule has 2 aromatic carbocycles. The Morgan fingerprint density at radius 1 is 1.04 bits per heavy atom. The van der Waals surface area contributed by atoms with E-state index in [4.69, 9.17) is 9.47 Å². The molecule has 0 spiro atoms. The molecule has 134 valence electrons. The molecule has 26 heavy (non-hydrogen) atoms. The van der Waals surface area contributed by atoms with Crippen LogP contribution in [0.1, 0.15) is 22.7 Å².